The van der Waals surface area contributed by atoms with Gasteiger partial charge in [-0.1, -0.05) is 49.4 Å². The normalized spacial score (nSPS) is 15.2. The Labute approximate surface area is 204 Å². The number of hydrogen-bond acceptors (Lipinski definition) is 4. The van der Waals surface area contributed by atoms with Crippen molar-refractivity contribution < 1.29 is 14.0 Å². The van der Waals surface area contributed by atoms with Crippen molar-refractivity contribution in [3.8, 4) is 0 Å². The van der Waals surface area contributed by atoms with Gasteiger partial charge in [0.15, 0.2) is 0 Å². The van der Waals surface area contributed by atoms with Crippen LogP contribution in [0.2, 0.25) is 0 Å². The summed E-state index contributed by atoms with van der Waals surface area (Å²) in [5.41, 5.74) is 5.36. The van der Waals surface area contributed by atoms with Gasteiger partial charge in [0, 0.05) is 25.2 Å². The molecule has 2 amide bonds. The summed E-state index contributed by atoms with van der Waals surface area (Å²) in [4.78, 5) is 31.6. The van der Waals surface area contributed by atoms with Gasteiger partial charge in [-0.15, -0.1) is 0 Å². The first kappa shape index (κ1) is 24.3. The van der Waals surface area contributed by atoms with Crippen LogP contribution >= 0.6 is 0 Å². The number of fused-ring (bicyclic) bond motifs is 1. The maximum atomic E-state index is 13.8. The lowest BCUT2D eigenvalue weighted by Crippen LogP contribution is -2.23. The molecule has 0 bridgehead atoms. The van der Waals surface area contributed by atoms with Crippen LogP contribution in [0, 0.1) is 5.82 Å². The molecule has 7 heteroatoms. The predicted octanol–water partition coefficient (Wildman–Crippen LogP) is 4.77. The van der Waals surface area contributed by atoms with E-state index in [1.165, 1.54) is 12.1 Å². The standard InChI is InChI=1S/C28H29FN4O2/c1-4-25(34)30-16-18-5-9-20(10-6-18)27(31-22-12-7-19(8-13-22)17-33(2)3)26-23-14-11-21(29)15-24(23)32-28(26)35/h5-15,26H,4,16-17H2,1-3H3,(H,30,34)(H,32,35). The summed E-state index contributed by atoms with van der Waals surface area (Å²) in [7, 11) is 4.03. The molecule has 0 saturated carbocycles. The van der Waals surface area contributed by atoms with Crippen molar-refractivity contribution in [2.75, 3.05) is 19.4 Å². The van der Waals surface area contributed by atoms with Crippen LogP contribution in [0.1, 0.15) is 41.5 Å². The number of rotatable bonds is 8. The zero-order valence-electron chi connectivity index (χ0n) is 20.1. The number of nitrogens with one attached hydrogen (secondary N) is 2. The van der Waals surface area contributed by atoms with E-state index in [1.807, 2.05) is 69.6 Å². The van der Waals surface area contributed by atoms with Gasteiger partial charge in [0.05, 0.1) is 11.4 Å². The lowest BCUT2D eigenvalue weighted by atomic mass is 9.90. The number of halogens is 1. The largest absolute Gasteiger partial charge is 0.352 e. The van der Waals surface area contributed by atoms with Crippen LogP contribution in [0.25, 0.3) is 0 Å². The molecule has 0 spiro atoms. The van der Waals surface area contributed by atoms with E-state index >= 15 is 0 Å². The zero-order valence-corrected chi connectivity index (χ0v) is 20.1. The van der Waals surface area contributed by atoms with Crippen LogP contribution in [0.15, 0.2) is 71.7 Å². The molecule has 1 unspecified atom stereocenters. The van der Waals surface area contributed by atoms with Gasteiger partial charge in [-0.2, -0.15) is 0 Å². The molecule has 4 rings (SSSR count). The minimum absolute atomic E-state index is 0.0134. The van der Waals surface area contributed by atoms with Gasteiger partial charge in [-0.3, -0.25) is 14.6 Å². The fourth-order valence-corrected chi connectivity index (χ4v) is 4.10. The van der Waals surface area contributed by atoms with E-state index in [2.05, 4.69) is 15.5 Å². The lowest BCUT2D eigenvalue weighted by Gasteiger charge is -2.15. The molecule has 3 aromatic rings. The molecule has 1 aliphatic rings. The number of carbonyl (C=O) groups excluding carboxylic acids is 2. The molecule has 0 fully saturated rings. The number of hydrogen-bond donors (Lipinski definition) is 2. The van der Waals surface area contributed by atoms with E-state index < -0.39 is 11.7 Å². The van der Waals surface area contributed by atoms with E-state index in [9.17, 15) is 14.0 Å². The van der Waals surface area contributed by atoms with Crippen molar-refractivity contribution in [1.29, 1.82) is 0 Å². The molecule has 2 N–H and O–H groups in total. The van der Waals surface area contributed by atoms with Gasteiger partial charge < -0.3 is 15.5 Å². The molecule has 0 aromatic heterocycles. The fraction of sp³-hybridized carbons (Fsp3) is 0.250. The quantitative estimate of drug-likeness (QED) is 0.464. The summed E-state index contributed by atoms with van der Waals surface area (Å²) in [6, 6.07) is 19.9. The number of aliphatic imine (C=N–C) groups is 1. The third-order valence-corrected chi connectivity index (χ3v) is 5.87. The van der Waals surface area contributed by atoms with Crippen LogP contribution in [-0.4, -0.2) is 36.5 Å². The molecule has 1 atom stereocenters. The highest BCUT2D eigenvalue weighted by Gasteiger charge is 2.35. The van der Waals surface area contributed by atoms with Crippen molar-refractivity contribution in [2.24, 2.45) is 4.99 Å². The number of amides is 2. The smallest absolute Gasteiger partial charge is 0.238 e. The first-order valence-corrected chi connectivity index (χ1v) is 11.6. The highest BCUT2D eigenvalue weighted by molar-refractivity contribution is 6.24. The van der Waals surface area contributed by atoms with E-state index in [4.69, 9.17) is 4.99 Å². The van der Waals surface area contributed by atoms with Gasteiger partial charge in [0.2, 0.25) is 11.8 Å². The van der Waals surface area contributed by atoms with E-state index in [0.29, 0.717) is 29.9 Å². The summed E-state index contributed by atoms with van der Waals surface area (Å²) in [5, 5.41) is 5.66. The number of benzene rings is 3. The first-order valence-electron chi connectivity index (χ1n) is 11.6. The molecule has 35 heavy (non-hydrogen) atoms. The minimum Gasteiger partial charge on any atom is -0.352 e. The Bertz CT molecular complexity index is 1250. The fourth-order valence-electron chi connectivity index (χ4n) is 4.10. The second-order valence-corrected chi connectivity index (χ2v) is 8.88. The topological polar surface area (TPSA) is 73.8 Å². The van der Waals surface area contributed by atoms with Crippen LogP contribution in [-0.2, 0) is 22.7 Å². The molecule has 0 aliphatic carbocycles. The van der Waals surface area contributed by atoms with Crippen molar-refractivity contribution in [1.82, 2.24) is 10.2 Å². The Hall–Kier alpha value is -3.84. The van der Waals surface area contributed by atoms with E-state index in [-0.39, 0.29) is 11.8 Å². The number of carbonyl (C=O) groups is 2. The Morgan fingerprint density at radius 1 is 1.03 bits per heavy atom. The Kier molecular flexibility index (Phi) is 7.36. The SMILES string of the molecule is CCC(=O)NCc1ccc(C(=Nc2ccc(CN(C)C)cc2)C2C(=O)Nc3cc(F)ccc32)cc1. The van der Waals surface area contributed by atoms with E-state index in [1.54, 1.807) is 6.07 Å². The average Bonchev–Trinajstić information content (AvgIpc) is 3.16. The predicted molar refractivity (Wildman–Crippen MR) is 136 cm³/mol. The van der Waals surface area contributed by atoms with Crippen LogP contribution in [0.3, 0.4) is 0 Å². The van der Waals surface area contributed by atoms with Crippen molar-refractivity contribution in [3.05, 3.63) is 94.8 Å². The molecule has 0 saturated heterocycles. The van der Waals surface area contributed by atoms with E-state index in [0.717, 1.165) is 28.9 Å². The van der Waals surface area contributed by atoms with Gasteiger partial charge >= 0.3 is 0 Å². The van der Waals surface area contributed by atoms with Crippen molar-refractivity contribution in [2.45, 2.75) is 32.4 Å². The highest BCUT2D eigenvalue weighted by atomic mass is 19.1. The monoisotopic (exact) mass is 472 g/mol. The summed E-state index contributed by atoms with van der Waals surface area (Å²) < 4.78 is 13.8. The van der Waals surface area contributed by atoms with Crippen molar-refractivity contribution in [3.63, 3.8) is 0 Å². The minimum atomic E-state index is -0.669. The third kappa shape index (κ3) is 5.81. The average molecular weight is 473 g/mol. The van der Waals surface area contributed by atoms with Gasteiger partial charge in [0.1, 0.15) is 11.7 Å². The number of nitrogens with zero attached hydrogens (tertiary/aromatic N) is 2. The van der Waals surface area contributed by atoms with Crippen LogP contribution < -0.4 is 10.6 Å². The summed E-state index contributed by atoms with van der Waals surface area (Å²) in [6.07, 6.45) is 0.430. The molecule has 0 radical (unpaired) electrons. The molecule has 1 aliphatic heterocycles. The second-order valence-electron chi connectivity index (χ2n) is 8.88. The Morgan fingerprint density at radius 2 is 1.71 bits per heavy atom. The highest BCUT2D eigenvalue weighted by Crippen LogP contribution is 2.36. The lowest BCUT2D eigenvalue weighted by molar-refractivity contribution is -0.121. The van der Waals surface area contributed by atoms with Crippen LogP contribution in [0.4, 0.5) is 15.8 Å². The Balaban J connectivity index is 1.71. The van der Waals surface area contributed by atoms with Gasteiger partial charge in [0.25, 0.3) is 0 Å². The summed E-state index contributed by atoms with van der Waals surface area (Å²) in [5.74, 6) is -1.33. The molecule has 6 nitrogen and oxygen atoms in total. The molecular weight excluding hydrogens is 443 g/mol. The molecule has 3 aromatic carbocycles. The van der Waals surface area contributed by atoms with Crippen molar-refractivity contribution >= 4 is 28.9 Å². The zero-order chi connectivity index (χ0) is 24.9. The van der Waals surface area contributed by atoms with Gasteiger partial charge in [-0.25, -0.2) is 4.39 Å². The maximum Gasteiger partial charge on any atom is 0.238 e. The third-order valence-electron chi connectivity index (χ3n) is 5.87. The molecule has 180 valence electrons. The Morgan fingerprint density at radius 3 is 2.37 bits per heavy atom. The number of anilines is 1. The maximum absolute atomic E-state index is 13.8. The first-order chi connectivity index (χ1) is 16.8. The van der Waals surface area contributed by atoms with Crippen LogP contribution in [0.5, 0.6) is 0 Å². The molecule has 1 heterocycles. The molecular formula is C28H29FN4O2. The summed E-state index contributed by atoms with van der Waals surface area (Å²) in [6.45, 7) is 3.06. The second kappa shape index (κ2) is 10.6. The summed E-state index contributed by atoms with van der Waals surface area (Å²) >= 11 is 0. The van der Waals surface area contributed by atoms with Gasteiger partial charge in [-0.05, 0) is 60.6 Å².